The topological polar surface area (TPSA) is 64.9 Å². The van der Waals surface area contributed by atoms with Gasteiger partial charge >= 0.3 is 0 Å². The summed E-state index contributed by atoms with van der Waals surface area (Å²) in [6.45, 7) is 12.2. The number of hydrogen-bond acceptors (Lipinski definition) is 4. The van der Waals surface area contributed by atoms with Gasteiger partial charge in [-0.3, -0.25) is 0 Å². The molecule has 1 aromatic heterocycles. The predicted octanol–water partition coefficient (Wildman–Crippen LogP) is 3.29. The highest BCUT2D eigenvalue weighted by molar-refractivity contribution is 5.31. The molecule has 1 aromatic carbocycles. The fourth-order valence-corrected chi connectivity index (χ4v) is 1.95. The summed E-state index contributed by atoms with van der Waals surface area (Å²) in [6, 6.07) is 6.40. The van der Waals surface area contributed by atoms with Gasteiger partial charge in [0, 0.05) is 12.0 Å². The van der Waals surface area contributed by atoms with Crippen molar-refractivity contribution in [3.8, 4) is 0 Å². The summed E-state index contributed by atoms with van der Waals surface area (Å²) < 4.78 is 5.44. The Morgan fingerprint density at radius 3 is 2.33 bits per heavy atom. The van der Waals surface area contributed by atoms with E-state index in [1.165, 1.54) is 16.7 Å². The van der Waals surface area contributed by atoms with Gasteiger partial charge in [0.2, 0.25) is 5.89 Å². The van der Waals surface area contributed by atoms with Crippen molar-refractivity contribution in [2.24, 2.45) is 5.73 Å². The van der Waals surface area contributed by atoms with Crippen LogP contribution in [0.5, 0.6) is 0 Å². The first kappa shape index (κ1) is 15.7. The van der Waals surface area contributed by atoms with Gasteiger partial charge in [-0.2, -0.15) is 4.98 Å². The van der Waals surface area contributed by atoms with Crippen molar-refractivity contribution in [1.82, 2.24) is 10.1 Å². The van der Waals surface area contributed by atoms with E-state index in [9.17, 15) is 0 Å². The molecule has 4 heteroatoms. The van der Waals surface area contributed by atoms with E-state index in [0.717, 1.165) is 0 Å². The standard InChI is InChI=1S/C17H25N3O/c1-11-7-8-13(9-12(11)2)10-14-19-15(21-20-14)16(3,4)17(5,6)18/h7-9H,10,18H2,1-6H3. The molecule has 0 unspecified atom stereocenters. The molecule has 0 saturated carbocycles. The zero-order valence-corrected chi connectivity index (χ0v) is 13.8. The normalized spacial score (nSPS) is 12.7. The molecule has 0 aliphatic heterocycles. The average Bonchev–Trinajstić information content (AvgIpc) is 2.81. The van der Waals surface area contributed by atoms with Gasteiger partial charge in [-0.15, -0.1) is 0 Å². The van der Waals surface area contributed by atoms with E-state index in [2.05, 4.69) is 42.2 Å². The Balaban J connectivity index is 2.22. The van der Waals surface area contributed by atoms with Gasteiger partial charge in [-0.05, 0) is 58.2 Å². The molecule has 0 radical (unpaired) electrons. The number of aromatic nitrogens is 2. The van der Waals surface area contributed by atoms with E-state index in [1.54, 1.807) is 0 Å². The molecule has 0 aliphatic carbocycles. The first-order valence-corrected chi connectivity index (χ1v) is 7.29. The SMILES string of the molecule is Cc1ccc(Cc2noc(C(C)(C)C(C)(C)N)n2)cc1C. The summed E-state index contributed by atoms with van der Waals surface area (Å²) in [5.74, 6) is 1.29. The van der Waals surface area contributed by atoms with E-state index in [-0.39, 0.29) is 5.41 Å². The minimum absolute atomic E-state index is 0.374. The van der Waals surface area contributed by atoms with Crippen LogP contribution in [0.2, 0.25) is 0 Å². The average molecular weight is 287 g/mol. The van der Waals surface area contributed by atoms with Crippen molar-refractivity contribution in [3.63, 3.8) is 0 Å². The highest BCUT2D eigenvalue weighted by atomic mass is 16.5. The Kier molecular flexibility index (Phi) is 3.93. The molecule has 2 N–H and O–H groups in total. The predicted molar refractivity (Wildman–Crippen MR) is 84.3 cm³/mol. The zero-order chi connectivity index (χ0) is 15.8. The minimum Gasteiger partial charge on any atom is -0.339 e. The molecule has 4 nitrogen and oxygen atoms in total. The van der Waals surface area contributed by atoms with Gasteiger partial charge in [0.05, 0.1) is 5.41 Å². The van der Waals surface area contributed by atoms with Crippen molar-refractivity contribution >= 4 is 0 Å². The van der Waals surface area contributed by atoms with Crippen LogP contribution >= 0.6 is 0 Å². The van der Waals surface area contributed by atoms with E-state index < -0.39 is 5.54 Å². The van der Waals surface area contributed by atoms with Crippen LogP contribution in [0, 0.1) is 13.8 Å². The lowest BCUT2D eigenvalue weighted by Crippen LogP contribution is -2.50. The summed E-state index contributed by atoms with van der Waals surface area (Å²) >= 11 is 0. The van der Waals surface area contributed by atoms with Crippen LogP contribution in [-0.4, -0.2) is 15.7 Å². The van der Waals surface area contributed by atoms with E-state index in [1.807, 2.05) is 27.7 Å². The molecule has 0 atom stereocenters. The van der Waals surface area contributed by atoms with Gasteiger partial charge in [0.15, 0.2) is 5.82 Å². The van der Waals surface area contributed by atoms with Gasteiger partial charge in [-0.25, -0.2) is 0 Å². The maximum absolute atomic E-state index is 6.22. The fourth-order valence-electron chi connectivity index (χ4n) is 1.95. The van der Waals surface area contributed by atoms with E-state index in [4.69, 9.17) is 10.3 Å². The van der Waals surface area contributed by atoms with E-state index >= 15 is 0 Å². The first-order valence-electron chi connectivity index (χ1n) is 7.29. The third-order valence-corrected chi connectivity index (χ3v) is 4.55. The second-order valence-corrected chi connectivity index (χ2v) is 6.96. The van der Waals surface area contributed by atoms with Crippen molar-refractivity contribution in [1.29, 1.82) is 0 Å². The Hall–Kier alpha value is -1.68. The van der Waals surface area contributed by atoms with Gasteiger partial charge in [0.25, 0.3) is 0 Å². The van der Waals surface area contributed by atoms with Crippen LogP contribution in [0.25, 0.3) is 0 Å². The monoisotopic (exact) mass is 287 g/mol. The lowest BCUT2D eigenvalue weighted by Gasteiger charge is -2.34. The molecule has 0 aliphatic rings. The van der Waals surface area contributed by atoms with Gasteiger partial charge < -0.3 is 10.3 Å². The molecular formula is C17H25N3O. The molecular weight excluding hydrogens is 262 g/mol. The van der Waals surface area contributed by atoms with E-state index in [0.29, 0.717) is 18.1 Å². The summed E-state index contributed by atoms with van der Waals surface area (Å²) in [7, 11) is 0. The number of hydrogen-bond donors (Lipinski definition) is 1. The molecule has 0 fully saturated rings. The molecule has 0 amide bonds. The number of nitrogens with zero attached hydrogens (tertiary/aromatic N) is 2. The van der Waals surface area contributed by atoms with Crippen molar-refractivity contribution in [2.75, 3.05) is 0 Å². The van der Waals surface area contributed by atoms with Crippen LogP contribution in [-0.2, 0) is 11.8 Å². The summed E-state index contributed by atoms with van der Waals surface area (Å²) in [5, 5.41) is 4.10. The highest BCUT2D eigenvalue weighted by Crippen LogP contribution is 2.31. The second kappa shape index (κ2) is 5.26. The summed E-state index contributed by atoms with van der Waals surface area (Å²) in [6.07, 6.45) is 0.672. The van der Waals surface area contributed by atoms with Crippen molar-refractivity contribution in [2.45, 2.75) is 58.9 Å². The van der Waals surface area contributed by atoms with Gasteiger partial charge in [-0.1, -0.05) is 23.4 Å². The number of benzene rings is 1. The zero-order valence-electron chi connectivity index (χ0n) is 13.8. The summed E-state index contributed by atoms with van der Waals surface area (Å²) in [4.78, 5) is 4.54. The molecule has 21 heavy (non-hydrogen) atoms. The van der Waals surface area contributed by atoms with Crippen LogP contribution in [0.3, 0.4) is 0 Å². The van der Waals surface area contributed by atoms with Crippen LogP contribution < -0.4 is 5.73 Å². The molecule has 2 aromatic rings. The smallest absolute Gasteiger partial charge is 0.234 e. The molecule has 0 spiro atoms. The molecule has 2 rings (SSSR count). The third-order valence-electron chi connectivity index (χ3n) is 4.55. The Morgan fingerprint density at radius 2 is 1.76 bits per heavy atom. The largest absolute Gasteiger partial charge is 0.339 e. The van der Waals surface area contributed by atoms with Crippen LogP contribution in [0.4, 0.5) is 0 Å². The molecule has 114 valence electrons. The second-order valence-electron chi connectivity index (χ2n) is 6.96. The minimum atomic E-state index is -0.433. The van der Waals surface area contributed by atoms with Crippen molar-refractivity contribution < 1.29 is 4.52 Å². The lowest BCUT2D eigenvalue weighted by molar-refractivity contribution is 0.222. The Labute approximate surface area is 126 Å². The highest BCUT2D eigenvalue weighted by Gasteiger charge is 2.40. The molecule has 0 saturated heterocycles. The summed E-state index contributed by atoms with van der Waals surface area (Å²) in [5.41, 5.74) is 9.17. The molecule has 0 bridgehead atoms. The van der Waals surface area contributed by atoms with Crippen LogP contribution in [0.1, 0.15) is 56.1 Å². The maximum Gasteiger partial charge on any atom is 0.234 e. The van der Waals surface area contributed by atoms with Crippen LogP contribution in [0.15, 0.2) is 22.7 Å². The third kappa shape index (κ3) is 3.16. The number of aryl methyl sites for hydroxylation is 2. The van der Waals surface area contributed by atoms with Gasteiger partial charge in [0.1, 0.15) is 0 Å². The Morgan fingerprint density at radius 1 is 1.10 bits per heavy atom. The lowest BCUT2D eigenvalue weighted by atomic mass is 9.75. The maximum atomic E-state index is 6.22. The number of nitrogens with two attached hydrogens (primary N) is 1. The van der Waals surface area contributed by atoms with Crippen molar-refractivity contribution in [3.05, 3.63) is 46.6 Å². The fraction of sp³-hybridized carbons (Fsp3) is 0.529. The number of rotatable bonds is 4. The quantitative estimate of drug-likeness (QED) is 0.937. The first-order chi connectivity index (χ1) is 9.61. The Bertz CT molecular complexity index is 636. The molecule has 1 heterocycles.